The second-order valence-electron chi connectivity index (χ2n) is 3.17. The first kappa shape index (κ1) is 9.58. The van der Waals surface area contributed by atoms with Crippen molar-refractivity contribution in [2.45, 2.75) is 20.8 Å². The van der Waals surface area contributed by atoms with E-state index in [-0.39, 0.29) is 5.41 Å². The fourth-order valence-electron chi connectivity index (χ4n) is 0.487. The normalized spacial score (nSPS) is 11.8. The first-order chi connectivity index (χ1) is 4.56. The molecular formula is C8H13NS. The maximum atomic E-state index is 8.17. The Morgan fingerprint density at radius 2 is 2.10 bits per heavy atom. The van der Waals surface area contributed by atoms with Crippen LogP contribution >= 0.6 is 11.8 Å². The van der Waals surface area contributed by atoms with E-state index >= 15 is 0 Å². The van der Waals surface area contributed by atoms with Crippen LogP contribution in [-0.2, 0) is 0 Å². The maximum Gasteiger partial charge on any atom is 0.133 e. The Morgan fingerprint density at radius 3 is 2.50 bits per heavy atom. The SMILES string of the molecule is CC(C)(C)C=CCSC#N. The first-order valence-corrected chi connectivity index (χ1v) is 4.23. The fourth-order valence-corrected chi connectivity index (χ4v) is 0.754. The van der Waals surface area contributed by atoms with Crippen molar-refractivity contribution in [1.29, 1.82) is 5.26 Å². The highest BCUT2D eigenvalue weighted by Crippen LogP contribution is 2.14. The number of hydrogen-bond donors (Lipinski definition) is 0. The molecule has 0 aliphatic carbocycles. The Kier molecular flexibility index (Phi) is 4.22. The fraction of sp³-hybridized carbons (Fsp3) is 0.625. The summed E-state index contributed by atoms with van der Waals surface area (Å²) in [5.74, 6) is 0.799. The third-order valence-electron chi connectivity index (χ3n) is 0.862. The molecule has 0 aliphatic rings. The van der Waals surface area contributed by atoms with E-state index in [1.54, 1.807) is 0 Å². The van der Waals surface area contributed by atoms with Crippen LogP contribution in [0, 0.1) is 16.1 Å². The lowest BCUT2D eigenvalue weighted by Gasteiger charge is -2.10. The molecule has 0 aromatic heterocycles. The predicted octanol–water partition coefficient (Wildman–Crippen LogP) is 2.80. The molecule has 0 aromatic rings. The van der Waals surface area contributed by atoms with Gasteiger partial charge in [0.25, 0.3) is 0 Å². The van der Waals surface area contributed by atoms with E-state index in [0.29, 0.717) is 0 Å². The summed E-state index contributed by atoms with van der Waals surface area (Å²) in [5, 5.41) is 10.2. The summed E-state index contributed by atoms with van der Waals surface area (Å²) in [6.07, 6.45) is 4.16. The number of nitriles is 1. The van der Waals surface area contributed by atoms with Crippen LogP contribution in [0.1, 0.15) is 20.8 Å². The van der Waals surface area contributed by atoms with E-state index in [1.807, 2.05) is 11.5 Å². The molecule has 0 saturated carbocycles. The molecule has 0 atom stereocenters. The molecule has 0 fully saturated rings. The van der Waals surface area contributed by atoms with Gasteiger partial charge in [-0.3, -0.25) is 0 Å². The number of rotatable bonds is 2. The van der Waals surface area contributed by atoms with Crippen LogP contribution in [-0.4, -0.2) is 5.75 Å². The number of thioether (sulfide) groups is 1. The van der Waals surface area contributed by atoms with Crippen LogP contribution in [0.2, 0.25) is 0 Å². The van der Waals surface area contributed by atoms with Crippen molar-refractivity contribution < 1.29 is 0 Å². The van der Waals surface area contributed by atoms with Gasteiger partial charge in [0.2, 0.25) is 0 Å². The molecule has 0 radical (unpaired) electrons. The van der Waals surface area contributed by atoms with Crippen LogP contribution in [0.25, 0.3) is 0 Å². The van der Waals surface area contributed by atoms with Crippen LogP contribution in [0.3, 0.4) is 0 Å². The highest BCUT2D eigenvalue weighted by atomic mass is 32.2. The molecule has 1 nitrogen and oxygen atoms in total. The van der Waals surface area contributed by atoms with Gasteiger partial charge in [-0.1, -0.05) is 32.9 Å². The zero-order chi connectivity index (χ0) is 8.04. The van der Waals surface area contributed by atoms with Gasteiger partial charge in [0.15, 0.2) is 0 Å². The van der Waals surface area contributed by atoms with Gasteiger partial charge in [-0.15, -0.1) is 0 Å². The predicted molar refractivity (Wildman–Crippen MR) is 46.7 cm³/mol. The van der Waals surface area contributed by atoms with Gasteiger partial charge in [0.05, 0.1) is 0 Å². The summed E-state index contributed by atoms with van der Waals surface area (Å²) in [6, 6.07) is 0. The van der Waals surface area contributed by atoms with Gasteiger partial charge in [-0.2, -0.15) is 5.26 Å². The minimum atomic E-state index is 0.246. The average molecular weight is 155 g/mol. The number of thiocyanates is 1. The molecule has 10 heavy (non-hydrogen) atoms. The maximum absolute atomic E-state index is 8.17. The standard InChI is InChI=1S/C8H13NS/c1-8(2,3)5-4-6-10-7-9/h4-5H,6H2,1-3H3. The largest absolute Gasteiger partial charge is 0.185 e. The summed E-state index contributed by atoms with van der Waals surface area (Å²) in [5.41, 5.74) is 0.246. The molecular weight excluding hydrogens is 142 g/mol. The lowest BCUT2D eigenvalue weighted by Crippen LogP contribution is -1.98. The molecule has 0 rings (SSSR count). The van der Waals surface area contributed by atoms with Gasteiger partial charge in [0.1, 0.15) is 5.40 Å². The van der Waals surface area contributed by atoms with Crippen molar-refractivity contribution in [3.8, 4) is 5.40 Å². The Hall–Kier alpha value is -0.420. The summed E-state index contributed by atoms with van der Waals surface area (Å²) >= 11 is 1.27. The van der Waals surface area contributed by atoms with Gasteiger partial charge >= 0.3 is 0 Å². The molecule has 0 spiro atoms. The number of hydrogen-bond acceptors (Lipinski definition) is 2. The zero-order valence-corrected chi connectivity index (χ0v) is 7.53. The molecule has 2 heteroatoms. The molecule has 0 aromatic carbocycles. The average Bonchev–Trinajstić information content (AvgIpc) is 1.78. The quantitative estimate of drug-likeness (QED) is 0.348. The van der Waals surface area contributed by atoms with Crippen molar-refractivity contribution in [3.05, 3.63) is 12.2 Å². The monoisotopic (exact) mass is 155 g/mol. The number of nitrogens with zero attached hydrogens (tertiary/aromatic N) is 1. The minimum absolute atomic E-state index is 0.246. The topological polar surface area (TPSA) is 23.8 Å². The summed E-state index contributed by atoms with van der Waals surface area (Å²) in [7, 11) is 0. The van der Waals surface area contributed by atoms with Gasteiger partial charge < -0.3 is 0 Å². The Labute approximate surface area is 67.1 Å². The van der Waals surface area contributed by atoms with Crippen molar-refractivity contribution in [1.82, 2.24) is 0 Å². The van der Waals surface area contributed by atoms with Crippen molar-refractivity contribution in [3.63, 3.8) is 0 Å². The van der Waals surface area contributed by atoms with Crippen LogP contribution in [0.5, 0.6) is 0 Å². The summed E-state index contributed by atoms with van der Waals surface area (Å²) in [4.78, 5) is 0. The lowest BCUT2D eigenvalue weighted by atomic mass is 9.97. The van der Waals surface area contributed by atoms with Gasteiger partial charge in [0, 0.05) is 5.75 Å². The minimum Gasteiger partial charge on any atom is -0.185 e. The molecule has 0 bridgehead atoms. The molecule has 0 N–H and O–H groups in total. The van der Waals surface area contributed by atoms with Crippen LogP contribution in [0.15, 0.2) is 12.2 Å². The molecule has 0 unspecified atom stereocenters. The van der Waals surface area contributed by atoms with Crippen LogP contribution < -0.4 is 0 Å². The zero-order valence-electron chi connectivity index (χ0n) is 6.72. The van der Waals surface area contributed by atoms with E-state index in [9.17, 15) is 0 Å². The molecule has 0 saturated heterocycles. The third kappa shape index (κ3) is 7.58. The number of allylic oxidation sites excluding steroid dienone is 1. The van der Waals surface area contributed by atoms with Gasteiger partial charge in [-0.25, -0.2) is 0 Å². The summed E-state index contributed by atoms with van der Waals surface area (Å²) in [6.45, 7) is 6.42. The molecule has 0 aliphatic heterocycles. The highest BCUT2D eigenvalue weighted by Gasteiger charge is 2.02. The second kappa shape index (κ2) is 4.40. The van der Waals surface area contributed by atoms with Gasteiger partial charge in [-0.05, 0) is 17.2 Å². The Bertz CT molecular complexity index is 148. The van der Waals surface area contributed by atoms with Crippen molar-refractivity contribution in [2.24, 2.45) is 5.41 Å². The third-order valence-corrected chi connectivity index (χ3v) is 1.35. The van der Waals surface area contributed by atoms with Crippen LogP contribution in [0.4, 0.5) is 0 Å². The van der Waals surface area contributed by atoms with E-state index in [4.69, 9.17) is 5.26 Å². The van der Waals surface area contributed by atoms with E-state index in [2.05, 4.69) is 26.8 Å². The first-order valence-electron chi connectivity index (χ1n) is 3.25. The molecule has 0 heterocycles. The molecule has 56 valence electrons. The van der Waals surface area contributed by atoms with Crippen molar-refractivity contribution >= 4 is 11.8 Å². The smallest absolute Gasteiger partial charge is 0.133 e. The Morgan fingerprint density at radius 1 is 1.50 bits per heavy atom. The van der Waals surface area contributed by atoms with E-state index < -0.39 is 0 Å². The van der Waals surface area contributed by atoms with Crippen molar-refractivity contribution in [2.75, 3.05) is 5.75 Å². The summed E-state index contributed by atoms with van der Waals surface area (Å²) < 4.78 is 0. The molecule has 0 amide bonds. The Balaban J connectivity index is 3.49. The highest BCUT2D eigenvalue weighted by molar-refractivity contribution is 8.03. The van der Waals surface area contributed by atoms with E-state index in [0.717, 1.165) is 5.75 Å². The lowest BCUT2D eigenvalue weighted by molar-refractivity contribution is 0.543. The van der Waals surface area contributed by atoms with E-state index in [1.165, 1.54) is 11.8 Å². The second-order valence-corrected chi connectivity index (χ2v) is 3.98.